The zero-order chi connectivity index (χ0) is 13.6. The Morgan fingerprint density at radius 1 is 1.33 bits per heavy atom. The number of nitrogens with one attached hydrogen (secondary N) is 1. The van der Waals surface area contributed by atoms with Gasteiger partial charge >= 0.3 is 0 Å². The summed E-state index contributed by atoms with van der Waals surface area (Å²) in [4.78, 5) is 12.1. The lowest BCUT2D eigenvalue weighted by molar-refractivity contribution is -0.126. The molecular formula is C13H14Cl3NO. The average Bonchev–Trinajstić information content (AvgIpc) is 2.80. The van der Waals surface area contributed by atoms with Crippen molar-refractivity contribution in [3.63, 3.8) is 0 Å². The van der Waals surface area contributed by atoms with Crippen LogP contribution < -0.4 is 5.32 Å². The highest BCUT2D eigenvalue weighted by Gasteiger charge is 2.67. The Hall–Kier alpha value is -0.440. The maximum atomic E-state index is 12.1. The summed E-state index contributed by atoms with van der Waals surface area (Å²) in [5, 5.41) is 3.60. The van der Waals surface area contributed by atoms with Crippen LogP contribution in [-0.2, 0) is 4.79 Å². The molecule has 0 bridgehead atoms. The van der Waals surface area contributed by atoms with Crippen molar-refractivity contribution in [3.8, 4) is 0 Å². The van der Waals surface area contributed by atoms with E-state index in [2.05, 4.69) is 5.32 Å². The fourth-order valence-electron chi connectivity index (χ4n) is 1.84. The second-order valence-electron chi connectivity index (χ2n) is 4.96. The molecule has 1 unspecified atom stereocenters. The minimum absolute atomic E-state index is 0.101. The van der Waals surface area contributed by atoms with E-state index in [9.17, 15) is 4.79 Å². The number of halogens is 3. The first-order chi connectivity index (χ1) is 8.26. The van der Waals surface area contributed by atoms with Crippen LogP contribution in [0.15, 0.2) is 24.3 Å². The molecule has 1 fully saturated rings. The third-order valence-corrected chi connectivity index (χ3v) is 4.83. The normalized spacial score (nSPS) is 26.5. The summed E-state index contributed by atoms with van der Waals surface area (Å²) < 4.78 is -0.934. The van der Waals surface area contributed by atoms with Gasteiger partial charge in [0.05, 0.1) is 11.5 Å². The summed E-state index contributed by atoms with van der Waals surface area (Å²) in [6, 6.07) is 7.27. The molecule has 1 aromatic carbocycles. The van der Waals surface area contributed by atoms with Crippen LogP contribution in [-0.4, -0.2) is 10.2 Å². The van der Waals surface area contributed by atoms with Crippen molar-refractivity contribution in [2.24, 2.45) is 5.41 Å². The van der Waals surface area contributed by atoms with Gasteiger partial charge in [0.2, 0.25) is 5.91 Å². The lowest BCUT2D eigenvalue weighted by Crippen LogP contribution is -2.35. The molecule has 0 heterocycles. The van der Waals surface area contributed by atoms with E-state index in [-0.39, 0.29) is 11.9 Å². The third-order valence-electron chi connectivity index (χ3n) is 3.48. The molecule has 0 aromatic heterocycles. The van der Waals surface area contributed by atoms with E-state index < -0.39 is 9.75 Å². The molecule has 0 aliphatic heterocycles. The van der Waals surface area contributed by atoms with Crippen molar-refractivity contribution in [1.29, 1.82) is 0 Å². The molecule has 2 atom stereocenters. The summed E-state index contributed by atoms with van der Waals surface area (Å²) in [5.74, 6) is -0.116. The van der Waals surface area contributed by atoms with Crippen LogP contribution in [0.3, 0.4) is 0 Å². The molecule has 1 aliphatic carbocycles. The summed E-state index contributed by atoms with van der Waals surface area (Å²) >= 11 is 17.8. The number of rotatable bonds is 3. The standard InChI is InChI=1S/C13H14Cl3NO/c1-8(9-3-5-10(14)6-4-9)17-11(18)12(2)7-13(12,15)16/h3-6,8H,7H2,1-2H3,(H,17,18)/t8?,12-/m1/s1. The van der Waals surface area contributed by atoms with Crippen LogP contribution in [0.2, 0.25) is 5.02 Å². The van der Waals surface area contributed by atoms with E-state index in [1.54, 1.807) is 19.1 Å². The molecule has 98 valence electrons. The first-order valence-corrected chi connectivity index (χ1v) is 6.84. The number of hydrogen-bond acceptors (Lipinski definition) is 1. The Kier molecular flexibility index (Phi) is 3.56. The molecule has 1 aromatic rings. The monoisotopic (exact) mass is 305 g/mol. The Balaban J connectivity index is 2.02. The number of hydrogen-bond donors (Lipinski definition) is 1. The number of benzene rings is 1. The topological polar surface area (TPSA) is 29.1 Å². The number of amides is 1. The predicted octanol–water partition coefficient (Wildman–Crippen LogP) is 4.10. The molecule has 0 radical (unpaired) electrons. The van der Waals surface area contributed by atoms with Crippen molar-refractivity contribution < 1.29 is 4.79 Å². The van der Waals surface area contributed by atoms with Gasteiger partial charge in [-0.05, 0) is 38.0 Å². The van der Waals surface area contributed by atoms with Crippen molar-refractivity contribution in [3.05, 3.63) is 34.9 Å². The van der Waals surface area contributed by atoms with Crippen LogP contribution in [0.5, 0.6) is 0 Å². The first-order valence-electron chi connectivity index (χ1n) is 5.70. The molecule has 2 rings (SSSR count). The average molecular weight is 307 g/mol. The Morgan fingerprint density at radius 3 is 2.28 bits per heavy atom. The fourth-order valence-corrected chi connectivity index (χ4v) is 2.67. The fraction of sp³-hybridized carbons (Fsp3) is 0.462. The number of carbonyl (C=O) groups excluding carboxylic acids is 1. The lowest BCUT2D eigenvalue weighted by atomic mass is 10.1. The molecule has 1 saturated carbocycles. The van der Waals surface area contributed by atoms with E-state index in [4.69, 9.17) is 34.8 Å². The van der Waals surface area contributed by atoms with E-state index >= 15 is 0 Å². The second kappa shape index (κ2) is 4.59. The van der Waals surface area contributed by atoms with Gasteiger partial charge in [-0.25, -0.2) is 0 Å². The summed E-state index contributed by atoms with van der Waals surface area (Å²) in [5.41, 5.74) is 0.309. The van der Waals surface area contributed by atoms with Crippen molar-refractivity contribution >= 4 is 40.7 Å². The molecule has 2 nitrogen and oxygen atoms in total. The van der Waals surface area contributed by atoms with Gasteiger partial charge in [-0.1, -0.05) is 23.7 Å². The van der Waals surface area contributed by atoms with Gasteiger partial charge in [-0.15, -0.1) is 23.2 Å². The van der Waals surface area contributed by atoms with E-state index in [1.807, 2.05) is 19.1 Å². The highest BCUT2D eigenvalue weighted by molar-refractivity contribution is 6.53. The van der Waals surface area contributed by atoms with Crippen molar-refractivity contribution in [1.82, 2.24) is 5.32 Å². The second-order valence-corrected chi connectivity index (χ2v) is 6.88. The quantitative estimate of drug-likeness (QED) is 0.837. The molecule has 1 amide bonds. The highest BCUT2D eigenvalue weighted by atomic mass is 35.5. The smallest absolute Gasteiger partial charge is 0.229 e. The van der Waals surface area contributed by atoms with Gasteiger partial charge in [-0.2, -0.15) is 0 Å². The van der Waals surface area contributed by atoms with Crippen molar-refractivity contribution in [2.45, 2.75) is 30.6 Å². The van der Waals surface area contributed by atoms with Gasteiger partial charge < -0.3 is 5.32 Å². The maximum Gasteiger partial charge on any atom is 0.229 e. The first kappa shape index (κ1) is 14.0. The SMILES string of the molecule is CC(NC(=O)[C@@]1(C)CC1(Cl)Cl)c1ccc(Cl)cc1. The summed E-state index contributed by atoms with van der Waals surface area (Å²) in [6.07, 6.45) is 0.488. The third kappa shape index (κ3) is 2.47. The largest absolute Gasteiger partial charge is 0.349 e. The van der Waals surface area contributed by atoms with Crippen LogP contribution in [0.25, 0.3) is 0 Å². The minimum atomic E-state index is -0.934. The molecule has 0 saturated heterocycles. The van der Waals surface area contributed by atoms with Gasteiger partial charge in [0.1, 0.15) is 4.33 Å². The van der Waals surface area contributed by atoms with Crippen LogP contribution in [0, 0.1) is 5.41 Å². The Labute approximate surface area is 122 Å². The summed E-state index contributed by atoms with van der Waals surface area (Å²) in [6.45, 7) is 3.69. The molecule has 5 heteroatoms. The minimum Gasteiger partial charge on any atom is -0.349 e. The number of alkyl halides is 2. The van der Waals surface area contributed by atoms with E-state index in [0.717, 1.165) is 5.56 Å². The van der Waals surface area contributed by atoms with E-state index in [1.165, 1.54) is 0 Å². The van der Waals surface area contributed by atoms with Gasteiger partial charge in [-0.3, -0.25) is 4.79 Å². The molecule has 1 aliphatic rings. The molecular weight excluding hydrogens is 293 g/mol. The Bertz CT molecular complexity index is 472. The van der Waals surface area contributed by atoms with Crippen molar-refractivity contribution in [2.75, 3.05) is 0 Å². The molecule has 1 N–H and O–H groups in total. The highest BCUT2D eigenvalue weighted by Crippen LogP contribution is 2.63. The lowest BCUT2D eigenvalue weighted by Gasteiger charge is -2.18. The van der Waals surface area contributed by atoms with Gasteiger partial charge in [0, 0.05) is 5.02 Å². The molecule has 0 spiro atoms. The summed E-state index contributed by atoms with van der Waals surface area (Å²) in [7, 11) is 0. The van der Waals surface area contributed by atoms with E-state index in [0.29, 0.717) is 11.4 Å². The zero-order valence-corrected chi connectivity index (χ0v) is 12.4. The van der Waals surface area contributed by atoms with Gasteiger partial charge in [0.15, 0.2) is 0 Å². The van der Waals surface area contributed by atoms with Crippen LogP contribution in [0.4, 0.5) is 0 Å². The predicted molar refractivity (Wildman–Crippen MR) is 75.2 cm³/mol. The zero-order valence-electron chi connectivity index (χ0n) is 10.1. The molecule has 18 heavy (non-hydrogen) atoms. The number of carbonyl (C=O) groups is 1. The van der Waals surface area contributed by atoms with Gasteiger partial charge in [0.25, 0.3) is 0 Å². The van der Waals surface area contributed by atoms with Crippen LogP contribution in [0.1, 0.15) is 31.9 Å². The Morgan fingerprint density at radius 2 is 1.83 bits per heavy atom. The van der Waals surface area contributed by atoms with Crippen LogP contribution >= 0.6 is 34.8 Å². The maximum absolute atomic E-state index is 12.1.